The minimum absolute atomic E-state index is 0.164. The van der Waals surface area contributed by atoms with Gasteiger partial charge in [-0.05, 0) is 26.0 Å². The number of ether oxygens (including phenoxy) is 1. The first-order valence-electron chi connectivity index (χ1n) is 7.49. The number of amides is 2. The summed E-state index contributed by atoms with van der Waals surface area (Å²) in [6.07, 6.45) is 3.59. The zero-order valence-corrected chi connectivity index (χ0v) is 14.5. The van der Waals surface area contributed by atoms with Crippen LogP contribution in [-0.2, 0) is 4.74 Å². The van der Waals surface area contributed by atoms with Crippen molar-refractivity contribution < 1.29 is 14.6 Å². The first-order chi connectivity index (χ1) is 11.5. The largest absolute Gasteiger partial charge is 0.351 e. The molecular formula is C15H20ClN5O3. The normalized spacial score (nSPS) is 12.0. The molecule has 0 bridgehead atoms. The molecule has 130 valence electrons. The molecule has 0 radical (unpaired) electrons. The van der Waals surface area contributed by atoms with Gasteiger partial charge in [0.15, 0.2) is 5.15 Å². The molecule has 1 atom stereocenters. The molecule has 24 heavy (non-hydrogen) atoms. The number of carbonyl (C=O) groups excluding carboxylic acids is 1. The Kier molecular flexibility index (Phi) is 6.13. The van der Waals surface area contributed by atoms with E-state index in [0.29, 0.717) is 11.4 Å². The molecule has 0 saturated carbocycles. The molecule has 2 aromatic heterocycles. The van der Waals surface area contributed by atoms with Crippen LogP contribution in [0.2, 0.25) is 5.15 Å². The van der Waals surface area contributed by atoms with E-state index in [1.165, 1.54) is 14.5 Å². The number of aromatic nitrogens is 3. The average Bonchev–Trinajstić information content (AvgIpc) is 2.97. The summed E-state index contributed by atoms with van der Waals surface area (Å²) in [5, 5.41) is 14.3. The second kappa shape index (κ2) is 8.09. The monoisotopic (exact) mass is 353 g/mol. The fourth-order valence-corrected chi connectivity index (χ4v) is 2.37. The van der Waals surface area contributed by atoms with Gasteiger partial charge in [0.25, 0.3) is 0 Å². The van der Waals surface area contributed by atoms with E-state index < -0.39 is 12.4 Å². The van der Waals surface area contributed by atoms with Crippen molar-refractivity contribution in [2.75, 3.05) is 25.1 Å². The number of hydrogen-bond donors (Lipinski definition) is 1. The summed E-state index contributed by atoms with van der Waals surface area (Å²) in [7, 11) is 1.56. The van der Waals surface area contributed by atoms with Crippen molar-refractivity contribution in [3.05, 3.63) is 35.9 Å². The maximum atomic E-state index is 12.6. The second-order valence-corrected chi connectivity index (χ2v) is 5.23. The summed E-state index contributed by atoms with van der Waals surface area (Å²) in [4.78, 5) is 19.1. The van der Waals surface area contributed by atoms with Crippen LogP contribution in [0, 0.1) is 0 Å². The third-order valence-electron chi connectivity index (χ3n) is 3.38. The lowest BCUT2D eigenvalue weighted by molar-refractivity contribution is -0.169. The Hall–Kier alpha value is -2.16. The van der Waals surface area contributed by atoms with E-state index in [1.807, 2.05) is 6.07 Å². The van der Waals surface area contributed by atoms with Crippen LogP contribution in [-0.4, -0.2) is 57.4 Å². The van der Waals surface area contributed by atoms with Gasteiger partial charge in [0.05, 0.1) is 18.1 Å². The molecule has 0 aliphatic carbocycles. The Morgan fingerprint density at radius 2 is 2.25 bits per heavy atom. The number of carbonyl (C=O) groups is 1. The summed E-state index contributed by atoms with van der Waals surface area (Å²) >= 11 is 6.16. The number of nitrogens with zero attached hydrogens (tertiary/aromatic N) is 5. The minimum atomic E-state index is -1.32. The number of aliphatic hydroxyl groups is 1. The van der Waals surface area contributed by atoms with E-state index in [1.54, 1.807) is 45.6 Å². The summed E-state index contributed by atoms with van der Waals surface area (Å²) in [5.41, 5.74) is 1.13. The number of hydrogen-bond acceptors (Lipinski definition) is 5. The van der Waals surface area contributed by atoms with Crippen molar-refractivity contribution in [2.45, 2.75) is 20.3 Å². The lowest BCUT2D eigenvalue weighted by Gasteiger charge is -2.29. The van der Waals surface area contributed by atoms with Gasteiger partial charge >= 0.3 is 6.03 Å². The zero-order chi connectivity index (χ0) is 17.7. The van der Waals surface area contributed by atoms with E-state index in [4.69, 9.17) is 16.3 Å². The SMILES string of the molecule is CCOC(O)N(CC)C(=O)N(C)c1cn(-c2cccnc2)nc1Cl. The Labute approximate surface area is 145 Å². The van der Waals surface area contributed by atoms with Gasteiger partial charge in [0, 0.05) is 26.4 Å². The van der Waals surface area contributed by atoms with E-state index >= 15 is 0 Å². The van der Waals surface area contributed by atoms with E-state index in [2.05, 4.69) is 10.1 Å². The van der Waals surface area contributed by atoms with Crippen molar-refractivity contribution >= 4 is 23.3 Å². The summed E-state index contributed by atoms with van der Waals surface area (Å²) in [6, 6.07) is 3.14. The van der Waals surface area contributed by atoms with Crippen LogP contribution >= 0.6 is 11.6 Å². The number of aliphatic hydroxyl groups excluding tert-OH is 1. The van der Waals surface area contributed by atoms with Gasteiger partial charge in [-0.15, -0.1) is 0 Å². The first kappa shape index (κ1) is 18.2. The van der Waals surface area contributed by atoms with Crippen molar-refractivity contribution in [3.8, 4) is 5.69 Å². The van der Waals surface area contributed by atoms with E-state index in [9.17, 15) is 9.90 Å². The molecule has 0 aromatic carbocycles. The molecule has 0 spiro atoms. The van der Waals surface area contributed by atoms with Crippen molar-refractivity contribution in [1.29, 1.82) is 0 Å². The van der Waals surface area contributed by atoms with Crippen LogP contribution in [0.25, 0.3) is 5.69 Å². The van der Waals surface area contributed by atoms with E-state index in [-0.39, 0.29) is 18.3 Å². The highest BCUT2D eigenvalue weighted by molar-refractivity contribution is 6.32. The van der Waals surface area contributed by atoms with Crippen LogP contribution in [0.1, 0.15) is 13.8 Å². The number of pyridine rings is 1. The number of urea groups is 1. The van der Waals surface area contributed by atoms with Gasteiger partial charge in [-0.1, -0.05) is 11.6 Å². The molecule has 2 aromatic rings. The first-order valence-corrected chi connectivity index (χ1v) is 7.86. The lowest BCUT2D eigenvalue weighted by atomic mass is 10.4. The van der Waals surface area contributed by atoms with Crippen LogP contribution < -0.4 is 4.90 Å². The molecular weight excluding hydrogens is 334 g/mol. The molecule has 2 heterocycles. The van der Waals surface area contributed by atoms with Crippen molar-refractivity contribution in [1.82, 2.24) is 19.7 Å². The van der Waals surface area contributed by atoms with Gasteiger partial charge in [-0.25, -0.2) is 9.48 Å². The van der Waals surface area contributed by atoms with Gasteiger partial charge < -0.3 is 9.84 Å². The fraction of sp³-hybridized carbons (Fsp3) is 0.400. The Morgan fingerprint density at radius 1 is 1.50 bits per heavy atom. The Bertz CT molecular complexity index is 679. The molecule has 0 fully saturated rings. The quantitative estimate of drug-likeness (QED) is 0.804. The van der Waals surface area contributed by atoms with Crippen LogP contribution in [0.4, 0.5) is 10.5 Å². The highest BCUT2D eigenvalue weighted by Crippen LogP contribution is 2.26. The average molecular weight is 354 g/mol. The molecule has 0 aliphatic heterocycles. The fourth-order valence-electron chi connectivity index (χ4n) is 2.11. The van der Waals surface area contributed by atoms with E-state index in [0.717, 1.165) is 0 Å². The maximum Gasteiger partial charge on any atom is 0.328 e. The molecule has 0 aliphatic rings. The molecule has 1 N–H and O–H groups in total. The number of anilines is 1. The third-order valence-corrected chi connectivity index (χ3v) is 3.65. The van der Waals surface area contributed by atoms with Crippen LogP contribution in [0.5, 0.6) is 0 Å². The molecule has 8 nitrogen and oxygen atoms in total. The topological polar surface area (TPSA) is 83.7 Å². The number of rotatable bonds is 6. The molecule has 9 heteroatoms. The van der Waals surface area contributed by atoms with Crippen LogP contribution in [0.3, 0.4) is 0 Å². The Balaban J connectivity index is 2.24. The summed E-state index contributed by atoms with van der Waals surface area (Å²) in [6.45, 7) is 4.04. The molecule has 1 unspecified atom stereocenters. The molecule has 2 rings (SSSR count). The Morgan fingerprint density at radius 3 is 2.83 bits per heavy atom. The van der Waals surface area contributed by atoms with Gasteiger partial charge in [0.1, 0.15) is 5.69 Å². The molecule has 2 amide bonds. The highest BCUT2D eigenvalue weighted by atomic mass is 35.5. The van der Waals surface area contributed by atoms with Gasteiger partial charge in [-0.3, -0.25) is 14.8 Å². The van der Waals surface area contributed by atoms with Crippen molar-refractivity contribution in [3.63, 3.8) is 0 Å². The second-order valence-electron chi connectivity index (χ2n) is 4.87. The van der Waals surface area contributed by atoms with Gasteiger partial charge in [-0.2, -0.15) is 5.10 Å². The lowest BCUT2D eigenvalue weighted by Crippen LogP contribution is -2.48. The highest BCUT2D eigenvalue weighted by Gasteiger charge is 2.26. The predicted octanol–water partition coefficient (Wildman–Crippen LogP) is 2.11. The predicted molar refractivity (Wildman–Crippen MR) is 90.2 cm³/mol. The smallest absolute Gasteiger partial charge is 0.328 e. The summed E-state index contributed by atoms with van der Waals surface area (Å²) < 4.78 is 6.61. The molecule has 0 saturated heterocycles. The number of halogens is 1. The third kappa shape index (κ3) is 3.84. The van der Waals surface area contributed by atoms with Crippen molar-refractivity contribution in [2.24, 2.45) is 0 Å². The van der Waals surface area contributed by atoms with Crippen LogP contribution in [0.15, 0.2) is 30.7 Å². The maximum absolute atomic E-state index is 12.6. The zero-order valence-electron chi connectivity index (χ0n) is 13.8. The standard InChI is InChI=1S/C15H20ClN5O3/c1-4-20(15(23)24-5-2)14(22)19(3)12-10-21(18-13(12)16)11-7-6-8-17-9-11/h6-10,15,23H,4-5H2,1-3H3. The van der Waals surface area contributed by atoms with Gasteiger partial charge in [0.2, 0.25) is 6.41 Å². The summed E-state index contributed by atoms with van der Waals surface area (Å²) in [5.74, 6) is 0. The minimum Gasteiger partial charge on any atom is -0.351 e.